The SMILES string of the molecule is CN(C)C(=O)CN1C2CCC1CC(NC(C(=O)Nc1ccc(F)cc1)c1ccccc1)C2. The van der Waals surface area contributed by atoms with Gasteiger partial charge in [0.15, 0.2) is 0 Å². The topological polar surface area (TPSA) is 64.7 Å². The van der Waals surface area contributed by atoms with Gasteiger partial charge in [0.05, 0.1) is 6.54 Å². The Balaban J connectivity index is 1.46. The highest BCUT2D eigenvalue weighted by Gasteiger charge is 2.42. The van der Waals surface area contributed by atoms with Gasteiger partial charge in [-0.15, -0.1) is 0 Å². The Labute approximate surface area is 188 Å². The van der Waals surface area contributed by atoms with E-state index in [-0.39, 0.29) is 23.7 Å². The highest BCUT2D eigenvalue weighted by atomic mass is 19.1. The van der Waals surface area contributed by atoms with E-state index in [4.69, 9.17) is 0 Å². The Kier molecular flexibility index (Phi) is 6.86. The van der Waals surface area contributed by atoms with E-state index in [1.165, 1.54) is 12.1 Å². The normalized spacial score (nSPS) is 23.5. The average molecular weight is 439 g/mol. The van der Waals surface area contributed by atoms with Crippen molar-refractivity contribution in [2.45, 2.75) is 49.9 Å². The maximum atomic E-state index is 13.2. The molecule has 0 aliphatic carbocycles. The fourth-order valence-corrected chi connectivity index (χ4v) is 4.92. The van der Waals surface area contributed by atoms with Gasteiger partial charge in [0.25, 0.3) is 0 Å². The van der Waals surface area contributed by atoms with Crippen molar-refractivity contribution >= 4 is 17.5 Å². The average Bonchev–Trinajstić information content (AvgIpc) is 3.01. The summed E-state index contributed by atoms with van der Waals surface area (Å²) in [6, 6.07) is 15.9. The number of amides is 2. The van der Waals surface area contributed by atoms with Gasteiger partial charge in [-0.05, 0) is 55.5 Å². The third-order valence-electron chi connectivity index (χ3n) is 6.61. The lowest BCUT2D eigenvalue weighted by Crippen LogP contribution is -2.53. The second-order valence-corrected chi connectivity index (χ2v) is 9.02. The summed E-state index contributed by atoms with van der Waals surface area (Å²) < 4.78 is 13.2. The van der Waals surface area contributed by atoms with Gasteiger partial charge >= 0.3 is 0 Å². The lowest BCUT2D eigenvalue weighted by atomic mass is 9.95. The summed E-state index contributed by atoms with van der Waals surface area (Å²) in [5.74, 6) is -0.370. The number of nitrogens with zero attached hydrogens (tertiary/aromatic N) is 2. The van der Waals surface area contributed by atoms with E-state index >= 15 is 0 Å². The number of anilines is 1. The predicted octanol–water partition coefficient (Wildman–Crippen LogP) is 3.18. The van der Waals surface area contributed by atoms with Crippen LogP contribution in [0.4, 0.5) is 10.1 Å². The number of hydrogen-bond acceptors (Lipinski definition) is 4. The van der Waals surface area contributed by atoms with Gasteiger partial charge in [0, 0.05) is 37.9 Å². The van der Waals surface area contributed by atoms with Crippen LogP contribution in [0, 0.1) is 5.82 Å². The maximum absolute atomic E-state index is 13.2. The van der Waals surface area contributed by atoms with Crippen LogP contribution in [0.2, 0.25) is 0 Å². The third kappa shape index (κ3) is 5.16. The monoisotopic (exact) mass is 438 g/mol. The van der Waals surface area contributed by atoms with Crippen molar-refractivity contribution in [3.05, 3.63) is 66.0 Å². The second-order valence-electron chi connectivity index (χ2n) is 9.02. The second kappa shape index (κ2) is 9.79. The first-order valence-electron chi connectivity index (χ1n) is 11.2. The molecular weight excluding hydrogens is 407 g/mol. The minimum absolute atomic E-state index is 0.133. The van der Waals surface area contributed by atoms with Crippen molar-refractivity contribution < 1.29 is 14.0 Å². The molecule has 2 aromatic rings. The molecule has 2 saturated heterocycles. The van der Waals surface area contributed by atoms with Gasteiger partial charge in [0.2, 0.25) is 11.8 Å². The maximum Gasteiger partial charge on any atom is 0.246 e. The van der Waals surface area contributed by atoms with Crippen molar-refractivity contribution in [3.8, 4) is 0 Å². The van der Waals surface area contributed by atoms with Gasteiger partial charge in [-0.3, -0.25) is 19.8 Å². The van der Waals surface area contributed by atoms with Gasteiger partial charge in [-0.25, -0.2) is 4.39 Å². The van der Waals surface area contributed by atoms with Crippen molar-refractivity contribution in [2.24, 2.45) is 0 Å². The molecule has 3 unspecified atom stereocenters. The smallest absolute Gasteiger partial charge is 0.246 e. The van der Waals surface area contributed by atoms with Crippen molar-refractivity contribution in [1.82, 2.24) is 15.1 Å². The standard InChI is InChI=1S/C25H31FN4O2/c1-29(2)23(31)16-30-21-12-13-22(30)15-20(14-21)27-24(17-6-4-3-5-7-17)25(32)28-19-10-8-18(26)9-11-19/h3-11,20-22,24,27H,12-16H2,1-2H3,(H,28,32). The molecule has 0 radical (unpaired) electrons. The summed E-state index contributed by atoms with van der Waals surface area (Å²) in [6.45, 7) is 0.461. The molecule has 2 fully saturated rings. The highest BCUT2D eigenvalue weighted by molar-refractivity contribution is 5.95. The molecule has 2 amide bonds. The Morgan fingerprint density at radius 1 is 1.03 bits per heavy atom. The number of piperidine rings is 1. The van der Waals surface area contributed by atoms with Gasteiger partial charge < -0.3 is 10.2 Å². The zero-order valence-corrected chi connectivity index (χ0v) is 18.6. The van der Waals surface area contributed by atoms with E-state index in [1.54, 1.807) is 31.1 Å². The molecule has 2 aliphatic heterocycles. The summed E-state index contributed by atoms with van der Waals surface area (Å²) in [5, 5.41) is 6.51. The van der Waals surface area contributed by atoms with E-state index in [0.717, 1.165) is 31.2 Å². The van der Waals surface area contributed by atoms with Gasteiger partial charge in [-0.2, -0.15) is 0 Å². The third-order valence-corrected chi connectivity index (χ3v) is 6.61. The summed E-state index contributed by atoms with van der Waals surface area (Å²) >= 11 is 0. The number of carbonyl (C=O) groups is 2. The van der Waals surface area contributed by atoms with Crippen LogP contribution in [-0.2, 0) is 9.59 Å². The minimum Gasteiger partial charge on any atom is -0.348 e. The molecule has 2 aromatic carbocycles. The first-order chi connectivity index (χ1) is 15.4. The summed E-state index contributed by atoms with van der Waals surface area (Å²) in [6.07, 6.45) is 3.98. The molecule has 3 atom stereocenters. The van der Waals surface area contributed by atoms with Crippen LogP contribution in [0.5, 0.6) is 0 Å². The number of nitrogens with one attached hydrogen (secondary N) is 2. The lowest BCUT2D eigenvalue weighted by molar-refractivity contribution is -0.131. The fourth-order valence-electron chi connectivity index (χ4n) is 4.92. The van der Waals surface area contributed by atoms with E-state index in [2.05, 4.69) is 15.5 Å². The van der Waals surface area contributed by atoms with E-state index in [9.17, 15) is 14.0 Å². The Morgan fingerprint density at radius 2 is 1.66 bits per heavy atom. The van der Waals surface area contributed by atoms with Gasteiger partial charge in [-0.1, -0.05) is 30.3 Å². The van der Waals surface area contributed by atoms with E-state index < -0.39 is 6.04 Å². The molecule has 0 aromatic heterocycles. The van der Waals surface area contributed by atoms with E-state index in [0.29, 0.717) is 24.3 Å². The quantitative estimate of drug-likeness (QED) is 0.697. The van der Waals surface area contributed by atoms with Crippen molar-refractivity contribution in [3.63, 3.8) is 0 Å². The summed E-state index contributed by atoms with van der Waals surface area (Å²) in [5.41, 5.74) is 1.46. The highest BCUT2D eigenvalue weighted by Crippen LogP contribution is 2.36. The van der Waals surface area contributed by atoms with Crippen LogP contribution in [0.25, 0.3) is 0 Å². The first kappa shape index (κ1) is 22.4. The Bertz CT molecular complexity index is 921. The molecule has 2 heterocycles. The number of benzene rings is 2. The molecule has 0 saturated carbocycles. The number of fused-ring (bicyclic) bond motifs is 2. The van der Waals surface area contributed by atoms with Crippen LogP contribution in [-0.4, -0.2) is 60.4 Å². The molecule has 0 spiro atoms. The fraction of sp³-hybridized carbons (Fsp3) is 0.440. The molecule has 170 valence electrons. The number of carbonyl (C=O) groups excluding carboxylic acids is 2. The zero-order chi connectivity index (χ0) is 22.7. The zero-order valence-electron chi connectivity index (χ0n) is 18.6. The largest absolute Gasteiger partial charge is 0.348 e. The minimum atomic E-state index is -0.513. The van der Waals surface area contributed by atoms with Crippen LogP contribution in [0.3, 0.4) is 0 Å². The summed E-state index contributed by atoms with van der Waals surface area (Å²) in [7, 11) is 3.59. The van der Waals surface area contributed by atoms with Crippen molar-refractivity contribution in [1.29, 1.82) is 0 Å². The molecule has 2 bridgehead atoms. The van der Waals surface area contributed by atoms with Crippen LogP contribution in [0.15, 0.2) is 54.6 Å². The molecule has 2 aliphatic rings. The Hall–Kier alpha value is -2.77. The van der Waals surface area contributed by atoms with Crippen LogP contribution >= 0.6 is 0 Å². The lowest BCUT2D eigenvalue weighted by Gasteiger charge is -2.40. The molecule has 7 heteroatoms. The van der Waals surface area contributed by atoms with E-state index in [1.807, 2.05) is 30.3 Å². The first-order valence-corrected chi connectivity index (χ1v) is 11.2. The number of rotatable bonds is 7. The molecular formula is C25H31FN4O2. The Morgan fingerprint density at radius 3 is 2.25 bits per heavy atom. The molecule has 6 nitrogen and oxygen atoms in total. The number of likely N-dealkylation sites (N-methyl/N-ethyl adjacent to an activating group) is 1. The van der Waals surface area contributed by atoms with Gasteiger partial charge in [0.1, 0.15) is 11.9 Å². The summed E-state index contributed by atoms with van der Waals surface area (Å²) in [4.78, 5) is 29.4. The number of halogens is 1. The number of hydrogen-bond donors (Lipinski definition) is 2. The van der Waals surface area contributed by atoms with Crippen LogP contribution < -0.4 is 10.6 Å². The molecule has 32 heavy (non-hydrogen) atoms. The van der Waals surface area contributed by atoms with Crippen molar-refractivity contribution in [2.75, 3.05) is 26.0 Å². The predicted molar refractivity (Wildman–Crippen MR) is 123 cm³/mol. The molecule has 2 N–H and O–H groups in total. The van der Waals surface area contributed by atoms with Crippen LogP contribution in [0.1, 0.15) is 37.3 Å². The molecule has 4 rings (SSSR count).